The molecule has 1 fully saturated rings. The van der Waals surface area contributed by atoms with Gasteiger partial charge in [0.05, 0.1) is 6.20 Å². The van der Waals surface area contributed by atoms with Crippen LogP contribution in [0.4, 0.5) is 0 Å². The lowest BCUT2D eigenvalue weighted by molar-refractivity contribution is 0.202. The summed E-state index contributed by atoms with van der Waals surface area (Å²) in [5, 5.41) is 3.75. The molecule has 7 heteroatoms. The van der Waals surface area contributed by atoms with E-state index in [1.807, 2.05) is 0 Å². The van der Waals surface area contributed by atoms with E-state index in [-0.39, 0.29) is 5.03 Å². The number of piperidine rings is 1. The highest BCUT2D eigenvalue weighted by atomic mass is 32.2. The Labute approximate surface area is 127 Å². The van der Waals surface area contributed by atoms with Crippen LogP contribution in [0, 0.1) is 12.8 Å². The van der Waals surface area contributed by atoms with Crippen LogP contribution < -0.4 is 5.32 Å². The monoisotopic (exact) mass is 314 g/mol. The highest BCUT2D eigenvalue weighted by molar-refractivity contribution is 7.89. The minimum absolute atomic E-state index is 0.204. The number of rotatable bonds is 6. The van der Waals surface area contributed by atoms with Crippen molar-refractivity contribution < 1.29 is 8.42 Å². The molecule has 0 spiro atoms. The molecule has 0 aliphatic carbocycles. The van der Waals surface area contributed by atoms with Gasteiger partial charge in [-0.1, -0.05) is 20.3 Å². The van der Waals surface area contributed by atoms with Crippen LogP contribution in [0.2, 0.25) is 0 Å². The van der Waals surface area contributed by atoms with E-state index in [4.69, 9.17) is 0 Å². The van der Waals surface area contributed by atoms with Crippen LogP contribution >= 0.6 is 0 Å². The number of sulfonamides is 1. The van der Waals surface area contributed by atoms with Crippen molar-refractivity contribution >= 4 is 10.0 Å². The normalized spacial score (nSPS) is 24.3. The first kappa shape index (κ1) is 16.5. The number of hydrogen-bond acceptors (Lipinski definition) is 4. The Balaban J connectivity index is 2.09. The fourth-order valence-corrected chi connectivity index (χ4v) is 4.37. The van der Waals surface area contributed by atoms with Crippen molar-refractivity contribution in [2.75, 3.05) is 19.6 Å². The van der Waals surface area contributed by atoms with Crippen molar-refractivity contribution in [3.05, 3.63) is 12.0 Å². The van der Waals surface area contributed by atoms with E-state index in [0.29, 0.717) is 30.9 Å². The maximum absolute atomic E-state index is 12.6. The van der Waals surface area contributed by atoms with E-state index in [1.165, 1.54) is 6.20 Å². The number of aromatic amines is 1. The minimum Gasteiger partial charge on any atom is -0.332 e. The molecule has 0 bridgehead atoms. The van der Waals surface area contributed by atoms with E-state index in [9.17, 15) is 8.42 Å². The van der Waals surface area contributed by atoms with Gasteiger partial charge in [0.25, 0.3) is 10.0 Å². The molecule has 0 amide bonds. The lowest BCUT2D eigenvalue weighted by atomic mass is 9.91. The smallest absolute Gasteiger partial charge is 0.260 e. The lowest BCUT2D eigenvalue weighted by Gasteiger charge is -2.37. The predicted octanol–water partition coefficient (Wildman–Crippen LogP) is 1.51. The molecule has 2 unspecified atom stereocenters. The molecule has 0 saturated carbocycles. The van der Waals surface area contributed by atoms with Crippen LogP contribution in [-0.4, -0.2) is 48.4 Å². The SMILES string of the molecule is CCCNC1CCN(S(=O)(=O)c2cnc(C)[nH]2)CC1CC. The fourth-order valence-electron chi connectivity index (χ4n) is 2.90. The van der Waals surface area contributed by atoms with Crippen molar-refractivity contribution in [1.82, 2.24) is 19.6 Å². The molecule has 6 nitrogen and oxygen atoms in total. The molecule has 2 atom stereocenters. The largest absolute Gasteiger partial charge is 0.332 e. The van der Waals surface area contributed by atoms with Crippen LogP contribution in [0.1, 0.15) is 38.9 Å². The van der Waals surface area contributed by atoms with E-state index in [2.05, 4.69) is 29.1 Å². The highest BCUT2D eigenvalue weighted by Crippen LogP contribution is 2.25. The molecule has 2 heterocycles. The number of hydrogen-bond donors (Lipinski definition) is 2. The van der Waals surface area contributed by atoms with Gasteiger partial charge in [-0.25, -0.2) is 13.4 Å². The van der Waals surface area contributed by atoms with Crippen LogP contribution in [0.15, 0.2) is 11.2 Å². The average molecular weight is 314 g/mol. The van der Waals surface area contributed by atoms with Crippen LogP contribution in [0.5, 0.6) is 0 Å². The molecule has 1 aromatic heterocycles. The summed E-state index contributed by atoms with van der Waals surface area (Å²) in [6.45, 7) is 8.18. The predicted molar refractivity (Wildman–Crippen MR) is 82.6 cm³/mol. The quantitative estimate of drug-likeness (QED) is 0.834. The average Bonchev–Trinajstić information content (AvgIpc) is 2.92. The summed E-state index contributed by atoms with van der Waals surface area (Å²) in [6.07, 6.45) is 4.36. The number of aryl methyl sites for hydroxylation is 1. The Kier molecular flexibility index (Phi) is 5.40. The summed E-state index contributed by atoms with van der Waals surface area (Å²) in [6, 6.07) is 0.421. The molecule has 2 rings (SSSR count). The zero-order valence-electron chi connectivity index (χ0n) is 13.1. The standard InChI is InChI=1S/C14H26N4O2S/c1-4-7-15-13-6-8-18(10-12(13)5-2)21(19,20)14-9-16-11(3)17-14/h9,12-13,15H,4-8,10H2,1-3H3,(H,16,17). The summed E-state index contributed by atoms with van der Waals surface area (Å²) in [7, 11) is -3.44. The fraction of sp³-hybridized carbons (Fsp3) is 0.786. The summed E-state index contributed by atoms with van der Waals surface area (Å²) in [4.78, 5) is 6.83. The minimum atomic E-state index is -3.44. The zero-order chi connectivity index (χ0) is 15.5. The van der Waals surface area contributed by atoms with E-state index >= 15 is 0 Å². The van der Waals surface area contributed by atoms with Gasteiger partial charge in [0, 0.05) is 19.1 Å². The maximum Gasteiger partial charge on any atom is 0.260 e. The number of imidazole rings is 1. The molecule has 1 aromatic rings. The van der Waals surface area contributed by atoms with Gasteiger partial charge in [0.2, 0.25) is 0 Å². The van der Waals surface area contributed by atoms with Crippen LogP contribution in [0.3, 0.4) is 0 Å². The Morgan fingerprint density at radius 3 is 2.81 bits per heavy atom. The lowest BCUT2D eigenvalue weighted by Crippen LogP contribution is -2.51. The number of nitrogens with zero attached hydrogens (tertiary/aromatic N) is 2. The second-order valence-corrected chi connectivity index (χ2v) is 7.62. The van der Waals surface area contributed by atoms with Gasteiger partial charge in [0.15, 0.2) is 5.03 Å². The highest BCUT2D eigenvalue weighted by Gasteiger charge is 2.35. The third-order valence-electron chi connectivity index (χ3n) is 4.17. The number of nitrogens with one attached hydrogen (secondary N) is 2. The molecular weight excluding hydrogens is 288 g/mol. The molecule has 0 aromatic carbocycles. The van der Waals surface area contributed by atoms with Crippen molar-refractivity contribution in [2.45, 2.75) is 51.1 Å². The summed E-state index contributed by atoms with van der Waals surface area (Å²) in [5.74, 6) is 0.990. The third kappa shape index (κ3) is 3.64. The van der Waals surface area contributed by atoms with Crippen LogP contribution in [0.25, 0.3) is 0 Å². The van der Waals surface area contributed by atoms with Crippen molar-refractivity contribution in [2.24, 2.45) is 5.92 Å². The number of H-pyrrole nitrogens is 1. The molecule has 21 heavy (non-hydrogen) atoms. The first-order valence-corrected chi connectivity index (χ1v) is 9.18. The van der Waals surface area contributed by atoms with Gasteiger partial charge in [-0.2, -0.15) is 4.31 Å². The molecular formula is C14H26N4O2S. The first-order valence-electron chi connectivity index (χ1n) is 7.74. The Morgan fingerprint density at radius 2 is 2.24 bits per heavy atom. The molecule has 1 saturated heterocycles. The third-order valence-corrected chi connectivity index (χ3v) is 5.95. The molecule has 2 N–H and O–H groups in total. The van der Waals surface area contributed by atoms with Crippen molar-refractivity contribution in [3.8, 4) is 0 Å². The van der Waals surface area contributed by atoms with Gasteiger partial charge >= 0.3 is 0 Å². The van der Waals surface area contributed by atoms with Crippen molar-refractivity contribution in [1.29, 1.82) is 0 Å². The van der Waals surface area contributed by atoms with E-state index in [1.54, 1.807) is 11.2 Å². The van der Waals surface area contributed by atoms with Gasteiger partial charge in [-0.05, 0) is 32.2 Å². The summed E-state index contributed by atoms with van der Waals surface area (Å²) < 4.78 is 26.8. The molecule has 1 aliphatic rings. The Hall–Kier alpha value is -0.920. The van der Waals surface area contributed by atoms with E-state index in [0.717, 1.165) is 25.8 Å². The Morgan fingerprint density at radius 1 is 1.48 bits per heavy atom. The zero-order valence-corrected chi connectivity index (χ0v) is 13.9. The second kappa shape index (κ2) is 6.89. The van der Waals surface area contributed by atoms with Gasteiger partial charge in [0.1, 0.15) is 5.82 Å². The summed E-state index contributed by atoms with van der Waals surface area (Å²) >= 11 is 0. The Bertz CT molecular complexity index is 555. The topological polar surface area (TPSA) is 78.1 Å². The van der Waals surface area contributed by atoms with E-state index < -0.39 is 10.0 Å². The van der Waals surface area contributed by atoms with Gasteiger partial charge in [-0.15, -0.1) is 0 Å². The van der Waals surface area contributed by atoms with Crippen LogP contribution in [-0.2, 0) is 10.0 Å². The molecule has 120 valence electrons. The second-order valence-electron chi connectivity index (χ2n) is 5.71. The first-order chi connectivity index (χ1) is 9.98. The van der Waals surface area contributed by atoms with Gasteiger partial charge < -0.3 is 10.3 Å². The van der Waals surface area contributed by atoms with Crippen molar-refractivity contribution in [3.63, 3.8) is 0 Å². The number of aromatic nitrogens is 2. The maximum atomic E-state index is 12.6. The molecule has 0 radical (unpaired) electrons. The molecule has 1 aliphatic heterocycles. The summed E-state index contributed by atoms with van der Waals surface area (Å²) in [5.41, 5.74) is 0. The van der Waals surface area contributed by atoms with Gasteiger partial charge in [-0.3, -0.25) is 0 Å².